The fraction of sp³-hybridized carbons (Fsp3) is 0.793. The van der Waals surface area contributed by atoms with Crippen molar-refractivity contribution in [3.05, 3.63) is 32.9 Å². The Morgan fingerprint density at radius 3 is 2.03 bits per heavy atom. The standard InChI is InChI=1S/C29H47FN2O7/c1-3-5-7-9-11-13-15-17-26(33)37-21-24-23(39-27(34)18-16-14-12-10-8-6-4-2)19-25(38-24)32-20-22(30)28(35)31-29(32)36/h20,23-25H,3-19,21H2,1-2H3,(H,31,35,36)/t23-,24+,25+/m0/s1. The van der Waals surface area contributed by atoms with E-state index in [9.17, 15) is 23.6 Å². The predicted octanol–water partition coefficient (Wildman–Crippen LogP) is 5.70. The number of ether oxygens (including phenoxy) is 3. The second-order valence-electron chi connectivity index (χ2n) is 10.5. The van der Waals surface area contributed by atoms with Crippen molar-refractivity contribution in [3.8, 4) is 0 Å². The van der Waals surface area contributed by atoms with Crippen molar-refractivity contribution in [2.45, 2.75) is 141 Å². The maximum Gasteiger partial charge on any atom is 0.330 e. The number of unbranched alkanes of at least 4 members (excludes halogenated alkanes) is 12. The van der Waals surface area contributed by atoms with Crippen LogP contribution in [0.3, 0.4) is 0 Å². The number of aromatic nitrogens is 2. The molecule has 222 valence electrons. The molecule has 0 unspecified atom stereocenters. The van der Waals surface area contributed by atoms with Crippen molar-refractivity contribution in [2.24, 2.45) is 0 Å². The van der Waals surface area contributed by atoms with Gasteiger partial charge >= 0.3 is 17.6 Å². The molecule has 0 spiro atoms. The molecule has 0 aliphatic carbocycles. The highest BCUT2D eigenvalue weighted by atomic mass is 19.1. The Balaban J connectivity index is 1.88. The molecular formula is C29H47FN2O7. The van der Waals surface area contributed by atoms with E-state index in [1.165, 1.54) is 38.5 Å². The van der Waals surface area contributed by atoms with Crippen LogP contribution in [0.25, 0.3) is 0 Å². The summed E-state index contributed by atoms with van der Waals surface area (Å²) in [6.45, 7) is 4.19. The van der Waals surface area contributed by atoms with Gasteiger partial charge in [0.05, 0.1) is 6.20 Å². The molecule has 1 aromatic rings. The first kappa shape index (κ1) is 32.7. The lowest BCUT2D eigenvalue weighted by Crippen LogP contribution is -2.34. The van der Waals surface area contributed by atoms with Gasteiger partial charge < -0.3 is 14.2 Å². The lowest BCUT2D eigenvalue weighted by atomic mass is 10.1. The molecule has 3 atom stereocenters. The van der Waals surface area contributed by atoms with Crippen LogP contribution in [0.5, 0.6) is 0 Å². The molecule has 39 heavy (non-hydrogen) atoms. The number of nitrogens with one attached hydrogen (secondary N) is 1. The van der Waals surface area contributed by atoms with Crippen LogP contribution in [0.2, 0.25) is 0 Å². The average Bonchev–Trinajstić information content (AvgIpc) is 3.30. The summed E-state index contributed by atoms with van der Waals surface area (Å²) in [6, 6.07) is 0. The Bertz CT molecular complexity index is 977. The van der Waals surface area contributed by atoms with Crippen LogP contribution in [0.4, 0.5) is 4.39 Å². The molecule has 1 fully saturated rings. The molecule has 1 aromatic heterocycles. The van der Waals surface area contributed by atoms with Gasteiger partial charge in [-0.05, 0) is 12.8 Å². The minimum atomic E-state index is -1.13. The first-order valence-corrected chi connectivity index (χ1v) is 14.9. The zero-order valence-electron chi connectivity index (χ0n) is 23.7. The summed E-state index contributed by atoms with van der Waals surface area (Å²) in [7, 11) is 0. The number of hydrogen-bond donors (Lipinski definition) is 1. The molecule has 0 aromatic carbocycles. The number of halogens is 1. The molecule has 9 nitrogen and oxygen atoms in total. The lowest BCUT2D eigenvalue weighted by Gasteiger charge is -2.19. The van der Waals surface area contributed by atoms with Crippen molar-refractivity contribution >= 4 is 11.9 Å². The van der Waals surface area contributed by atoms with E-state index in [0.29, 0.717) is 6.42 Å². The number of carbonyl (C=O) groups excluding carboxylic acids is 2. The largest absolute Gasteiger partial charge is 0.463 e. The van der Waals surface area contributed by atoms with Crippen LogP contribution in [0.15, 0.2) is 15.8 Å². The molecule has 0 radical (unpaired) electrons. The quantitative estimate of drug-likeness (QED) is 0.162. The third-order valence-electron chi connectivity index (χ3n) is 7.08. The first-order valence-electron chi connectivity index (χ1n) is 14.9. The third-order valence-corrected chi connectivity index (χ3v) is 7.08. The summed E-state index contributed by atoms with van der Waals surface area (Å²) in [6.07, 6.45) is 13.9. The molecule has 10 heteroatoms. The van der Waals surface area contributed by atoms with Crippen molar-refractivity contribution in [3.63, 3.8) is 0 Å². The molecule has 0 saturated carbocycles. The number of nitrogens with zero attached hydrogens (tertiary/aromatic N) is 1. The number of aromatic amines is 1. The van der Waals surface area contributed by atoms with Gasteiger partial charge in [0.2, 0.25) is 5.82 Å². The summed E-state index contributed by atoms with van der Waals surface area (Å²) in [4.78, 5) is 50.4. The van der Waals surface area contributed by atoms with E-state index >= 15 is 0 Å². The minimum Gasteiger partial charge on any atom is -0.463 e. The van der Waals surface area contributed by atoms with Crippen LogP contribution < -0.4 is 11.2 Å². The van der Waals surface area contributed by atoms with Gasteiger partial charge in [-0.15, -0.1) is 0 Å². The van der Waals surface area contributed by atoms with E-state index in [1.54, 1.807) is 0 Å². The van der Waals surface area contributed by atoms with Gasteiger partial charge in [-0.2, -0.15) is 4.39 Å². The summed E-state index contributed by atoms with van der Waals surface area (Å²) in [5, 5.41) is 0. The Morgan fingerprint density at radius 1 is 0.897 bits per heavy atom. The van der Waals surface area contributed by atoms with Gasteiger partial charge in [0.1, 0.15) is 25.0 Å². The Kier molecular flexibility index (Phi) is 15.7. The smallest absolute Gasteiger partial charge is 0.330 e. The van der Waals surface area contributed by atoms with Crippen LogP contribution in [-0.2, 0) is 23.8 Å². The summed E-state index contributed by atoms with van der Waals surface area (Å²) in [5.74, 6) is -1.89. The minimum absolute atomic E-state index is 0.0636. The number of rotatable bonds is 20. The molecule has 0 amide bonds. The van der Waals surface area contributed by atoms with Gasteiger partial charge in [-0.1, -0.05) is 90.9 Å². The highest BCUT2D eigenvalue weighted by Crippen LogP contribution is 2.31. The van der Waals surface area contributed by atoms with Gasteiger partial charge in [0, 0.05) is 19.3 Å². The van der Waals surface area contributed by atoms with E-state index in [2.05, 4.69) is 13.8 Å². The summed E-state index contributed by atoms with van der Waals surface area (Å²) < 4.78 is 31.7. The maximum absolute atomic E-state index is 13.9. The van der Waals surface area contributed by atoms with Crippen LogP contribution >= 0.6 is 0 Å². The highest BCUT2D eigenvalue weighted by molar-refractivity contribution is 5.70. The van der Waals surface area contributed by atoms with E-state index in [-0.39, 0.29) is 31.8 Å². The molecule has 0 bridgehead atoms. The van der Waals surface area contributed by atoms with Gasteiger partial charge in [0.25, 0.3) is 5.56 Å². The number of esters is 2. The fourth-order valence-electron chi connectivity index (χ4n) is 4.75. The third kappa shape index (κ3) is 12.5. The molecule has 2 rings (SSSR count). The van der Waals surface area contributed by atoms with E-state index in [1.807, 2.05) is 4.98 Å². The average molecular weight is 555 g/mol. The van der Waals surface area contributed by atoms with E-state index in [4.69, 9.17) is 14.2 Å². The predicted molar refractivity (Wildman–Crippen MR) is 146 cm³/mol. The topological polar surface area (TPSA) is 117 Å². The Morgan fingerprint density at radius 2 is 1.44 bits per heavy atom. The fourth-order valence-corrected chi connectivity index (χ4v) is 4.75. The highest BCUT2D eigenvalue weighted by Gasteiger charge is 2.40. The SMILES string of the molecule is CCCCCCCCCC(=O)OC[C@H]1O[C@@H](n2cc(F)c(=O)[nH]c2=O)C[C@@H]1OC(=O)CCCCCCCCC. The number of carbonyl (C=O) groups is 2. The Hall–Kier alpha value is -2.49. The van der Waals surface area contributed by atoms with Gasteiger partial charge in [-0.3, -0.25) is 23.9 Å². The Labute approximate surface area is 230 Å². The van der Waals surface area contributed by atoms with Crippen LogP contribution in [0.1, 0.15) is 129 Å². The zero-order valence-corrected chi connectivity index (χ0v) is 23.7. The normalized spacial score (nSPS) is 18.8. The summed E-state index contributed by atoms with van der Waals surface area (Å²) in [5.41, 5.74) is -1.96. The lowest BCUT2D eigenvalue weighted by molar-refractivity contribution is -0.158. The monoisotopic (exact) mass is 554 g/mol. The first-order chi connectivity index (χ1) is 18.8. The second-order valence-corrected chi connectivity index (χ2v) is 10.5. The van der Waals surface area contributed by atoms with Crippen LogP contribution in [0, 0.1) is 5.82 Å². The molecule has 1 N–H and O–H groups in total. The van der Waals surface area contributed by atoms with Crippen molar-refractivity contribution in [1.29, 1.82) is 0 Å². The van der Waals surface area contributed by atoms with Crippen molar-refractivity contribution in [1.82, 2.24) is 9.55 Å². The second kappa shape index (κ2) is 18.7. The molecule has 1 aliphatic rings. The zero-order chi connectivity index (χ0) is 28.5. The molecule has 1 saturated heterocycles. The van der Waals surface area contributed by atoms with Crippen molar-refractivity contribution < 1.29 is 28.2 Å². The number of H-pyrrole nitrogens is 1. The maximum atomic E-state index is 13.9. The van der Waals surface area contributed by atoms with E-state index in [0.717, 1.165) is 55.7 Å². The van der Waals surface area contributed by atoms with Gasteiger partial charge in [0.15, 0.2) is 0 Å². The summed E-state index contributed by atoms with van der Waals surface area (Å²) >= 11 is 0. The van der Waals surface area contributed by atoms with Crippen LogP contribution in [-0.4, -0.2) is 40.3 Å². The molecule has 1 aliphatic heterocycles. The van der Waals surface area contributed by atoms with Crippen molar-refractivity contribution in [2.75, 3.05) is 6.61 Å². The van der Waals surface area contributed by atoms with Gasteiger partial charge in [-0.25, -0.2) is 4.79 Å². The van der Waals surface area contributed by atoms with E-state index < -0.39 is 41.5 Å². The number of hydrogen-bond acceptors (Lipinski definition) is 7. The molecule has 2 heterocycles. The molecular weight excluding hydrogens is 507 g/mol.